The van der Waals surface area contributed by atoms with Crippen molar-refractivity contribution in [3.8, 4) is 0 Å². The van der Waals surface area contributed by atoms with Gasteiger partial charge in [0.2, 0.25) is 11.8 Å². The summed E-state index contributed by atoms with van der Waals surface area (Å²) >= 11 is 0. The first-order valence-electron chi connectivity index (χ1n) is 9.78. The molecule has 0 radical (unpaired) electrons. The molecule has 0 saturated heterocycles. The Morgan fingerprint density at radius 1 is 0.920 bits per heavy atom. The molecule has 1 aromatic rings. The maximum atomic E-state index is 12.6. The van der Waals surface area contributed by atoms with Gasteiger partial charge < -0.3 is 10.6 Å². The Kier molecular flexibility index (Phi) is 4.53. The van der Waals surface area contributed by atoms with Crippen molar-refractivity contribution in [2.75, 3.05) is 0 Å². The summed E-state index contributed by atoms with van der Waals surface area (Å²) < 4.78 is 0. The predicted molar refractivity (Wildman–Crippen MR) is 97.1 cm³/mol. The summed E-state index contributed by atoms with van der Waals surface area (Å²) in [5.41, 5.74) is 2.59. The van der Waals surface area contributed by atoms with Crippen molar-refractivity contribution in [3.63, 3.8) is 0 Å². The minimum Gasteiger partial charge on any atom is -0.353 e. The molecule has 4 heteroatoms. The minimum atomic E-state index is 0.0750. The van der Waals surface area contributed by atoms with Gasteiger partial charge >= 0.3 is 0 Å². The molecule has 2 N–H and O–H groups in total. The number of benzene rings is 1. The summed E-state index contributed by atoms with van der Waals surface area (Å²) in [6, 6.07) is 8.95. The topological polar surface area (TPSA) is 58.2 Å². The summed E-state index contributed by atoms with van der Waals surface area (Å²) in [7, 11) is 0. The van der Waals surface area contributed by atoms with Crippen LogP contribution in [-0.4, -0.2) is 23.9 Å². The van der Waals surface area contributed by atoms with Gasteiger partial charge in [0.1, 0.15) is 0 Å². The lowest BCUT2D eigenvalue weighted by molar-refractivity contribution is -0.128. The van der Waals surface area contributed by atoms with Gasteiger partial charge in [-0.05, 0) is 62.5 Å². The molecule has 0 aliphatic heterocycles. The molecule has 3 saturated carbocycles. The van der Waals surface area contributed by atoms with Crippen LogP contribution < -0.4 is 10.6 Å². The van der Waals surface area contributed by atoms with E-state index in [1.54, 1.807) is 0 Å². The van der Waals surface area contributed by atoms with Crippen molar-refractivity contribution in [3.05, 3.63) is 35.4 Å². The van der Waals surface area contributed by atoms with E-state index >= 15 is 0 Å². The van der Waals surface area contributed by atoms with Gasteiger partial charge in [0, 0.05) is 23.9 Å². The van der Waals surface area contributed by atoms with Gasteiger partial charge in [-0.2, -0.15) is 0 Å². The normalized spacial score (nSPS) is 31.2. The summed E-state index contributed by atoms with van der Waals surface area (Å²) in [6.45, 7) is 2.12. The van der Waals surface area contributed by atoms with Crippen molar-refractivity contribution < 1.29 is 9.59 Å². The fourth-order valence-electron chi connectivity index (χ4n) is 4.25. The number of nitrogens with one attached hydrogen (secondary N) is 2. The Labute approximate surface area is 149 Å². The van der Waals surface area contributed by atoms with Crippen LogP contribution in [-0.2, 0) is 9.59 Å². The molecule has 0 bridgehead atoms. The van der Waals surface area contributed by atoms with Gasteiger partial charge in [-0.3, -0.25) is 9.59 Å². The van der Waals surface area contributed by atoms with E-state index in [9.17, 15) is 9.59 Å². The van der Waals surface area contributed by atoms with Crippen LogP contribution in [0.2, 0.25) is 0 Å². The van der Waals surface area contributed by atoms with E-state index in [1.807, 2.05) is 6.07 Å². The predicted octanol–water partition coefficient (Wildman–Crippen LogP) is 3.05. The van der Waals surface area contributed by atoms with Crippen molar-refractivity contribution in [2.45, 2.75) is 69.9 Å². The number of carbonyl (C=O) groups excluding carboxylic acids is 2. The fourth-order valence-corrected chi connectivity index (χ4v) is 4.25. The second-order valence-electron chi connectivity index (χ2n) is 8.16. The lowest BCUT2D eigenvalue weighted by atomic mass is 9.85. The lowest BCUT2D eigenvalue weighted by Gasteiger charge is -2.29. The Balaban J connectivity index is 1.29. The van der Waals surface area contributed by atoms with Crippen LogP contribution in [0.15, 0.2) is 24.3 Å². The molecule has 4 unspecified atom stereocenters. The third-order valence-corrected chi connectivity index (χ3v) is 6.03. The van der Waals surface area contributed by atoms with Crippen LogP contribution in [0.1, 0.15) is 62.0 Å². The van der Waals surface area contributed by atoms with Crippen molar-refractivity contribution in [2.24, 2.45) is 11.8 Å². The second kappa shape index (κ2) is 6.81. The van der Waals surface area contributed by atoms with E-state index in [0.717, 1.165) is 44.9 Å². The average molecular weight is 340 g/mol. The first-order valence-corrected chi connectivity index (χ1v) is 9.78. The number of rotatable bonds is 5. The van der Waals surface area contributed by atoms with Gasteiger partial charge in [-0.25, -0.2) is 0 Å². The van der Waals surface area contributed by atoms with Crippen molar-refractivity contribution in [1.82, 2.24) is 10.6 Å². The highest BCUT2D eigenvalue weighted by Gasteiger charge is 2.45. The van der Waals surface area contributed by atoms with Gasteiger partial charge in [0.25, 0.3) is 0 Å². The van der Waals surface area contributed by atoms with Crippen LogP contribution in [0.3, 0.4) is 0 Å². The van der Waals surface area contributed by atoms with Crippen LogP contribution in [0, 0.1) is 18.8 Å². The first kappa shape index (κ1) is 16.6. The molecule has 134 valence electrons. The molecular weight excluding hydrogens is 312 g/mol. The quantitative estimate of drug-likeness (QED) is 0.865. The SMILES string of the molecule is Cc1ccccc1C1CC1C(=O)NC1CCCC(C(=O)NC2CC2)C1. The lowest BCUT2D eigenvalue weighted by Crippen LogP contribution is -2.43. The standard InChI is InChI=1S/C21H28N2O2/c1-13-5-2-3-8-17(13)18-12-19(18)21(25)23-16-7-4-6-14(11-16)20(24)22-15-9-10-15/h2-3,5,8,14-16,18-19H,4,6-7,9-12H2,1H3,(H,22,24)(H,23,25). The molecule has 25 heavy (non-hydrogen) atoms. The number of carbonyl (C=O) groups is 2. The molecule has 3 aliphatic rings. The number of hydrogen-bond acceptors (Lipinski definition) is 2. The van der Waals surface area contributed by atoms with E-state index in [0.29, 0.717) is 12.0 Å². The fraction of sp³-hybridized carbons (Fsp3) is 0.619. The molecule has 4 rings (SSSR count). The molecule has 3 fully saturated rings. The van der Waals surface area contributed by atoms with Crippen LogP contribution in [0.5, 0.6) is 0 Å². The largest absolute Gasteiger partial charge is 0.353 e. The van der Waals surface area contributed by atoms with Gasteiger partial charge in [-0.1, -0.05) is 30.7 Å². The Morgan fingerprint density at radius 3 is 2.44 bits per heavy atom. The first-order chi connectivity index (χ1) is 12.1. The Hall–Kier alpha value is -1.84. The molecule has 4 atom stereocenters. The van der Waals surface area contributed by atoms with Crippen LogP contribution in [0.4, 0.5) is 0 Å². The number of amides is 2. The molecule has 0 spiro atoms. The summed E-state index contributed by atoms with van der Waals surface area (Å²) in [5, 5.41) is 6.35. The molecule has 3 aliphatic carbocycles. The van der Waals surface area contributed by atoms with Gasteiger partial charge in [0.15, 0.2) is 0 Å². The summed E-state index contributed by atoms with van der Waals surface area (Å²) in [6.07, 6.45) is 6.99. The zero-order chi connectivity index (χ0) is 17.4. The van der Waals surface area contributed by atoms with E-state index in [2.05, 4.69) is 35.8 Å². The Bertz CT molecular complexity index is 668. The second-order valence-corrected chi connectivity index (χ2v) is 8.16. The van der Waals surface area contributed by atoms with E-state index < -0.39 is 0 Å². The van der Waals surface area contributed by atoms with Crippen molar-refractivity contribution >= 4 is 11.8 Å². The third kappa shape index (κ3) is 3.88. The Morgan fingerprint density at radius 2 is 1.68 bits per heavy atom. The third-order valence-electron chi connectivity index (χ3n) is 6.03. The smallest absolute Gasteiger partial charge is 0.223 e. The molecule has 0 heterocycles. The van der Waals surface area contributed by atoms with E-state index in [4.69, 9.17) is 0 Å². The van der Waals surface area contributed by atoms with Gasteiger partial charge in [0.05, 0.1) is 0 Å². The van der Waals surface area contributed by atoms with Crippen LogP contribution >= 0.6 is 0 Å². The summed E-state index contributed by atoms with van der Waals surface area (Å²) in [4.78, 5) is 24.9. The van der Waals surface area contributed by atoms with Crippen LogP contribution in [0.25, 0.3) is 0 Å². The molecule has 1 aromatic carbocycles. The maximum absolute atomic E-state index is 12.6. The molecular formula is C21H28N2O2. The van der Waals surface area contributed by atoms with E-state index in [-0.39, 0.29) is 29.7 Å². The molecule has 4 nitrogen and oxygen atoms in total. The highest BCUT2D eigenvalue weighted by molar-refractivity contribution is 5.83. The number of aryl methyl sites for hydroxylation is 1. The molecule has 0 aromatic heterocycles. The van der Waals surface area contributed by atoms with Crippen molar-refractivity contribution in [1.29, 1.82) is 0 Å². The zero-order valence-electron chi connectivity index (χ0n) is 15.0. The summed E-state index contributed by atoms with van der Waals surface area (Å²) in [5.74, 6) is 0.943. The average Bonchev–Trinajstić information content (AvgIpc) is 3.50. The van der Waals surface area contributed by atoms with E-state index in [1.165, 1.54) is 11.1 Å². The highest BCUT2D eigenvalue weighted by Crippen LogP contribution is 2.48. The monoisotopic (exact) mass is 340 g/mol. The number of hydrogen-bond donors (Lipinski definition) is 2. The maximum Gasteiger partial charge on any atom is 0.223 e. The molecule has 2 amide bonds. The highest BCUT2D eigenvalue weighted by atomic mass is 16.2. The minimum absolute atomic E-state index is 0.0750. The zero-order valence-corrected chi connectivity index (χ0v) is 15.0. The van der Waals surface area contributed by atoms with Gasteiger partial charge in [-0.15, -0.1) is 0 Å².